The minimum absolute atomic E-state index is 0.0389. The van der Waals surface area contributed by atoms with E-state index in [9.17, 15) is 5.11 Å². The molecular formula is C18H19BrO2. The fraction of sp³-hybridized carbons (Fsp3) is 0.333. The summed E-state index contributed by atoms with van der Waals surface area (Å²) in [5.41, 5.74) is 3.50. The largest absolute Gasteiger partial charge is 0.393 e. The normalized spacial score (nSPS) is 25.8. The SMILES string of the molecule is Cc1ccc(C2CC(O)CC(c3ccc(Br)cc3)O2)cc1. The average molecular weight is 347 g/mol. The molecule has 0 radical (unpaired) electrons. The predicted molar refractivity (Wildman–Crippen MR) is 87.1 cm³/mol. The molecule has 1 aliphatic heterocycles. The number of aliphatic hydroxyl groups excluding tert-OH is 1. The lowest BCUT2D eigenvalue weighted by atomic mass is 9.93. The second kappa shape index (κ2) is 6.30. The fourth-order valence-corrected chi connectivity index (χ4v) is 3.05. The van der Waals surface area contributed by atoms with Gasteiger partial charge in [-0.3, -0.25) is 0 Å². The second-order valence-electron chi connectivity index (χ2n) is 5.70. The van der Waals surface area contributed by atoms with Gasteiger partial charge in [-0.05, 0) is 30.2 Å². The van der Waals surface area contributed by atoms with E-state index in [2.05, 4.69) is 59.3 Å². The maximum absolute atomic E-state index is 10.2. The molecule has 2 nitrogen and oxygen atoms in total. The molecule has 0 aliphatic carbocycles. The summed E-state index contributed by atoms with van der Waals surface area (Å²) in [5.74, 6) is 0. The number of hydrogen-bond donors (Lipinski definition) is 1. The zero-order valence-corrected chi connectivity index (χ0v) is 13.6. The lowest BCUT2D eigenvalue weighted by molar-refractivity contribution is -0.0998. The first-order chi connectivity index (χ1) is 10.1. The molecule has 0 aromatic heterocycles. The smallest absolute Gasteiger partial charge is 0.0858 e. The minimum atomic E-state index is -0.321. The van der Waals surface area contributed by atoms with Crippen molar-refractivity contribution in [2.45, 2.75) is 38.1 Å². The Bertz CT molecular complexity index is 538. The Hall–Kier alpha value is -1.16. The molecule has 2 aromatic rings. The van der Waals surface area contributed by atoms with Crippen LogP contribution in [0.5, 0.6) is 0 Å². The number of aliphatic hydroxyl groups is 1. The van der Waals surface area contributed by atoms with Crippen LogP contribution in [0.4, 0.5) is 0 Å². The van der Waals surface area contributed by atoms with E-state index >= 15 is 0 Å². The third kappa shape index (κ3) is 3.54. The summed E-state index contributed by atoms with van der Waals surface area (Å²) in [7, 11) is 0. The topological polar surface area (TPSA) is 29.5 Å². The fourth-order valence-electron chi connectivity index (χ4n) is 2.79. The van der Waals surface area contributed by atoms with E-state index in [1.54, 1.807) is 0 Å². The highest BCUT2D eigenvalue weighted by atomic mass is 79.9. The molecule has 0 bridgehead atoms. The maximum atomic E-state index is 10.2. The molecule has 3 rings (SSSR count). The van der Waals surface area contributed by atoms with Gasteiger partial charge in [0.15, 0.2) is 0 Å². The Morgan fingerprint density at radius 1 is 0.905 bits per heavy atom. The summed E-state index contributed by atoms with van der Waals surface area (Å²) < 4.78 is 7.29. The quantitative estimate of drug-likeness (QED) is 0.852. The van der Waals surface area contributed by atoms with Gasteiger partial charge in [0.1, 0.15) is 0 Å². The van der Waals surface area contributed by atoms with E-state index in [4.69, 9.17) is 4.74 Å². The van der Waals surface area contributed by atoms with Crippen molar-refractivity contribution >= 4 is 15.9 Å². The summed E-state index contributed by atoms with van der Waals surface area (Å²) in [6, 6.07) is 16.5. The van der Waals surface area contributed by atoms with E-state index in [1.165, 1.54) is 5.56 Å². The summed E-state index contributed by atoms with van der Waals surface area (Å²) in [6.45, 7) is 2.07. The number of ether oxygens (including phenoxy) is 1. The van der Waals surface area contributed by atoms with E-state index < -0.39 is 0 Å². The lowest BCUT2D eigenvalue weighted by Gasteiger charge is -2.34. The van der Waals surface area contributed by atoms with Crippen LogP contribution in [0.3, 0.4) is 0 Å². The van der Waals surface area contributed by atoms with Crippen LogP contribution in [0.1, 0.15) is 41.7 Å². The van der Waals surface area contributed by atoms with Crippen molar-refractivity contribution in [1.29, 1.82) is 0 Å². The lowest BCUT2D eigenvalue weighted by Crippen LogP contribution is -2.26. The van der Waals surface area contributed by atoms with Crippen LogP contribution in [-0.4, -0.2) is 11.2 Å². The standard InChI is InChI=1S/C18H19BrO2/c1-12-2-4-13(5-3-12)17-10-16(20)11-18(21-17)14-6-8-15(19)9-7-14/h2-9,16-18,20H,10-11H2,1H3. The monoisotopic (exact) mass is 346 g/mol. The highest BCUT2D eigenvalue weighted by Gasteiger charge is 2.30. The Morgan fingerprint density at radius 2 is 1.38 bits per heavy atom. The van der Waals surface area contributed by atoms with E-state index in [0.717, 1.165) is 15.6 Å². The molecule has 110 valence electrons. The van der Waals surface area contributed by atoms with Gasteiger partial charge in [0.25, 0.3) is 0 Å². The molecule has 0 saturated carbocycles. The van der Waals surface area contributed by atoms with Crippen molar-refractivity contribution in [2.24, 2.45) is 0 Å². The minimum Gasteiger partial charge on any atom is -0.393 e. The van der Waals surface area contributed by atoms with Crippen LogP contribution in [0.15, 0.2) is 53.0 Å². The van der Waals surface area contributed by atoms with Crippen molar-refractivity contribution in [3.8, 4) is 0 Å². The van der Waals surface area contributed by atoms with Gasteiger partial charge in [0.2, 0.25) is 0 Å². The third-order valence-electron chi connectivity index (χ3n) is 3.99. The van der Waals surface area contributed by atoms with Gasteiger partial charge in [-0.25, -0.2) is 0 Å². The predicted octanol–water partition coefficient (Wildman–Crippen LogP) is 4.71. The Balaban J connectivity index is 1.81. The average Bonchev–Trinajstić information content (AvgIpc) is 2.48. The highest BCUT2D eigenvalue weighted by Crippen LogP contribution is 2.39. The van der Waals surface area contributed by atoms with E-state index in [1.807, 2.05) is 12.1 Å². The van der Waals surface area contributed by atoms with Crippen molar-refractivity contribution < 1.29 is 9.84 Å². The maximum Gasteiger partial charge on any atom is 0.0858 e. The third-order valence-corrected chi connectivity index (χ3v) is 4.52. The molecule has 1 aliphatic rings. The van der Waals surface area contributed by atoms with Crippen LogP contribution < -0.4 is 0 Å². The van der Waals surface area contributed by atoms with Gasteiger partial charge < -0.3 is 9.84 Å². The second-order valence-corrected chi connectivity index (χ2v) is 6.62. The van der Waals surface area contributed by atoms with Gasteiger partial charge in [0, 0.05) is 17.3 Å². The first-order valence-corrected chi connectivity index (χ1v) is 8.06. The van der Waals surface area contributed by atoms with Gasteiger partial charge in [0.05, 0.1) is 18.3 Å². The summed E-state index contributed by atoms with van der Waals surface area (Å²) >= 11 is 3.45. The van der Waals surface area contributed by atoms with Gasteiger partial charge >= 0.3 is 0 Å². The summed E-state index contributed by atoms with van der Waals surface area (Å²) in [5, 5.41) is 10.2. The van der Waals surface area contributed by atoms with Crippen LogP contribution in [0.25, 0.3) is 0 Å². The highest BCUT2D eigenvalue weighted by molar-refractivity contribution is 9.10. The van der Waals surface area contributed by atoms with Crippen LogP contribution in [-0.2, 0) is 4.74 Å². The molecule has 1 saturated heterocycles. The van der Waals surface area contributed by atoms with Crippen molar-refractivity contribution in [3.63, 3.8) is 0 Å². The van der Waals surface area contributed by atoms with E-state index in [-0.39, 0.29) is 18.3 Å². The van der Waals surface area contributed by atoms with Crippen molar-refractivity contribution in [1.82, 2.24) is 0 Å². The van der Waals surface area contributed by atoms with Crippen molar-refractivity contribution in [2.75, 3.05) is 0 Å². The number of benzene rings is 2. The molecule has 3 atom stereocenters. The number of hydrogen-bond acceptors (Lipinski definition) is 2. The number of halogens is 1. The zero-order chi connectivity index (χ0) is 14.8. The van der Waals surface area contributed by atoms with Crippen LogP contribution in [0.2, 0.25) is 0 Å². The van der Waals surface area contributed by atoms with Gasteiger partial charge in [-0.15, -0.1) is 0 Å². The van der Waals surface area contributed by atoms with Crippen molar-refractivity contribution in [3.05, 3.63) is 69.7 Å². The molecule has 1 heterocycles. The zero-order valence-electron chi connectivity index (χ0n) is 12.0. The molecule has 0 amide bonds. The molecule has 21 heavy (non-hydrogen) atoms. The summed E-state index contributed by atoms with van der Waals surface area (Å²) in [4.78, 5) is 0. The Kier molecular flexibility index (Phi) is 4.43. The molecule has 0 spiro atoms. The molecule has 1 fully saturated rings. The molecule has 2 aromatic carbocycles. The van der Waals surface area contributed by atoms with Gasteiger partial charge in [-0.1, -0.05) is 57.9 Å². The van der Waals surface area contributed by atoms with Gasteiger partial charge in [-0.2, -0.15) is 0 Å². The van der Waals surface area contributed by atoms with E-state index in [0.29, 0.717) is 12.8 Å². The number of aryl methyl sites for hydroxylation is 1. The first-order valence-electron chi connectivity index (χ1n) is 7.27. The number of rotatable bonds is 2. The molecule has 1 N–H and O–H groups in total. The molecule has 3 heteroatoms. The first kappa shape index (κ1) is 14.8. The Morgan fingerprint density at radius 3 is 1.90 bits per heavy atom. The van der Waals surface area contributed by atoms with Crippen LogP contribution >= 0.6 is 15.9 Å². The molecular weight excluding hydrogens is 328 g/mol. The summed E-state index contributed by atoms with van der Waals surface area (Å²) in [6.07, 6.45) is 0.912. The molecule has 3 unspecified atom stereocenters. The van der Waals surface area contributed by atoms with Crippen LogP contribution in [0, 0.1) is 6.92 Å². The Labute approximate surface area is 133 Å².